The van der Waals surface area contributed by atoms with E-state index in [9.17, 15) is 14.3 Å². The molecule has 8 heteroatoms. The van der Waals surface area contributed by atoms with Crippen molar-refractivity contribution in [3.05, 3.63) is 0 Å². The third-order valence-corrected chi connectivity index (χ3v) is 8.13. The Morgan fingerprint density at radius 2 is 1.32 bits per heavy atom. The highest BCUT2D eigenvalue weighted by Crippen LogP contribution is 2.55. The molecule has 0 bridgehead atoms. The number of unbranched alkanes of at least 4 members (excludes halogenated alkanes) is 12. The summed E-state index contributed by atoms with van der Waals surface area (Å²) in [4.78, 5) is 21.5. The number of likely N-dealkylation sites (N-methyl/N-ethyl adjacent to an activating group) is 1. The first kappa shape index (κ1) is 30.9. The van der Waals surface area contributed by atoms with Crippen molar-refractivity contribution < 1.29 is 28.0 Å². The Kier molecular flexibility index (Phi) is 19.4. The second-order valence-electron chi connectivity index (χ2n) is 9.36. The molecule has 0 amide bonds. The molecule has 6 nitrogen and oxygen atoms in total. The minimum absolute atomic E-state index is 0.144. The zero-order valence-electron chi connectivity index (χ0n) is 20.6. The Labute approximate surface area is 195 Å². The van der Waals surface area contributed by atoms with E-state index in [-0.39, 0.29) is 24.9 Å². The van der Waals surface area contributed by atoms with Crippen LogP contribution in [0.25, 0.3) is 0 Å². The average molecular weight is 483 g/mol. The Balaban J connectivity index is 3.44. The molecule has 1 atom stereocenters. The number of ether oxygens (including phenoxy) is 1. The van der Waals surface area contributed by atoms with Crippen LogP contribution in [0.5, 0.6) is 0 Å². The molecule has 0 aromatic heterocycles. The Morgan fingerprint density at radius 3 is 1.81 bits per heavy atom. The molecule has 0 aromatic rings. The van der Waals surface area contributed by atoms with E-state index in [1.165, 1.54) is 70.6 Å². The number of rotatable bonds is 22. The highest BCUT2D eigenvalue weighted by atomic mass is 32.7. The molecular formula is C23H49NO5PS+. The number of carbonyl (C=O) groups excluding carboxylic acids is 1. The van der Waals surface area contributed by atoms with Crippen LogP contribution in [0.4, 0.5) is 0 Å². The van der Waals surface area contributed by atoms with Crippen molar-refractivity contribution in [2.75, 3.05) is 46.7 Å². The lowest BCUT2D eigenvalue weighted by Crippen LogP contribution is -2.37. The van der Waals surface area contributed by atoms with Gasteiger partial charge in [-0.1, -0.05) is 84.0 Å². The maximum absolute atomic E-state index is 11.9. The molecule has 0 heterocycles. The first-order valence-electron chi connectivity index (χ1n) is 12.2. The quantitative estimate of drug-likeness (QED) is 0.0814. The highest BCUT2D eigenvalue weighted by molar-refractivity contribution is 8.54. The fourth-order valence-electron chi connectivity index (χ4n) is 3.13. The largest absolute Gasteiger partial charge is 0.465 e. The summed E-state index contributed by atoms with van der Waals surface area (Å²) in [5.74, 6) is 0.0464. The summed E-state index contributed by atoms with van der Waals surface area (Å²) in [6, 6.07) is 0. The highest BCUT2D eigenvalue weighted by Gasteiger charge is 2.21. The van der Waals surface area contributed by atoms with Crippen LogP contribution in [-0.4, -0.2) is 62.0 Å². The number of hydrogen-bond donors (Lipinski definition) is 1. The minimum Gasteiger partial charge on any atom is -0.465 e. The van der Waals surface area contributed by atoms with Gasteiger partial charge >= 0.3 is 12.8 Å². The smallest absolute Gasteiger partial charge is 0.386 e. The predicted octanol–water partition coefficient (Wildman–Crippen LogP) is 6.57. The molecule has 0 radical (unpaired) electrons. The van der Waals surface area contributed by atoms with Crippen molar-refractivity contribution >= 4 is 24.1 Å². The van der Waals surface area contributed by atoms with E-state index in [1.54, 1.807) is 0 Å². The van der Waals surface area contributed by atoms with Gasteiger partial charge in [0, 0.05) is 12.2 Å². The van der Waals surface area contributed by atoms with Gasteiger partial charge < -0.3 is 14.1 Å². The van der Waals surface area contributed by atoms with Crippen LogP contribution >= 0.6 is 18.2 Å². The summed E-state index contributed by atoms with van der Waals surface area (Å²) < 4.78 is 22.8. The summed E-state index contributed by atoms with van der Waals surface area (Å²) in [5, 5.41) is 0. The molecule has 0 aliphatic carbocycles. The fourth-order valence-corrected chi connectivity index (χ4v) is 5.27. The zero-order chi connectivity index (χ0) is 23.4. The normalized spacial score (nSPS) is 13.8. The van der Waals surface area contributed by atoms with Crippen molar-refractivity contribution in [3.63, 3.8) is 0 Å². The van der Waals surface area contributed by atoms with Crippen LogP contribution in [-0.2, 0) is 18.6 Å². The number of hydrogen-bond acceptors (Lipinski definition) is 5. The van der Waals surface area contributed by atoms with Gasteiger partial charge in [-0.2, -0.15) is 0 Å². The topological polar surface area (TPSA) is 72.8 Å². The molecule has 0 aliphatic heterocycles. The van der Waals surface area contributed by atoms with Crippen LogP contribution in [0.1, 0.15) is 96.8 Å². The van der Waals surface area contributed by atoms with E-state index < -0.39 is 6.80 Å². The summed E-state index contributed by atoms with van der Waals surface area (Å²) in [6.45, 7) is -0.397. The molecule has 1 unspecified atom stereocenters. The average Bonchev–Trinajstić information content (AvgIpc) is 2.67. The standard InChI is InChI=1S/C23H48NO5PS/c1-5-6-7-8-9-10-11-12-13-14-15-16-17-18-23(25)28-21-22-31-30(26,27)29-20-19-24(2,3)4/h5-22H2,1-4H3/p+1. The number of carbonyl (C=O) groups is 1. The van der Waals surface area contributed by atoms with E-state index in [1.807, 2.05) is 21.1 Å². The van der Waals surface area contributed by atoms with Crippen LogP contribution < -0.4 is 0 Å². The third kappa shape index (κ3) is 24.4. The van der Waals surface area contributed by atoms with Gasteiger partial charge in [0.05, 0.1) is 21.1 Å². The van der Waals surface area contributed by atoms with Crippen LogP contribution in [0, 0.1) is 0 Å². The molecule has 0 aromatic carbocycles. The molecule has 0 saturated heterocycles. The number of quaternary nitrogens is 1. The molecule has 0 spiro atoms. The van der Waals surface area contributed by atoms with Gasteiger partial charge in [0.1, 0.15) is 19.8 Å². The second-order valence-corrected chi connectivity index (χ2v) is 13.4. The van der Waals surface area contributed by atoms with Crippen molar-refractivity contribution in [2.24, 2.45) is 0 Å². The summed E-state index contributed by atoms with van der Waals surface area (Å²) >= 11 is 0.824. The van der Waals surface area contributed by atoms with Gasteiger partial charge in [-0.05, 0) is 17.8 Å². The van der Waals surface area contributed by atoms with Gasteiger partial charge in [-0.3, -0.25) is 9.32 Å². The lowest BCUT2D eigenvalue weighted by molar-refractivity contribution is -0.870. The van der Waals surface area contributed by atoms with Crippen molar-refractivity contribution in [2.45, 2.75) is 96.8 Å². The Morgan fingerprint density at radius 1 is 0.839 bits per heavy atom. The van der Waals surface area contributed by atoms with E-state index in [4.69, 9.17) is 9.26 Å². The van der Waals surface area contributed by atoms with Gasteiger partial charge in [0.15, 0.2) is 0 Å². The van der Waals surface area contributed by atoms with Crippen LogP contribution in [0.15, 0.2) is 0 Å². The molecule has 0 saturated carbocycles. The fraction of sp³-hybridized carbons (Fsp3) is 0.957. The maximum atomic E-state index is 11.9. The van der Waals surface area contributed by atoms with Gasteiger partial charge in [-0.25, -0.2) is 4.57 Å². The molecule has 0 fully saturated rings. The molecule has 186 valence electrons. The monoisotopic (exact) mass is 482 g/mol. The van der Waals surface area contributed by atoms with Crippen molar-refractivity contribution in [1.82, 2.24) is 0 Å². The van der Waals surface area contributed by atoms with Crippen LogP contribution in [0.3, 0.4) is 0 Å². The SMILES string of the molecule is CCCCCCCCCCCCCCCC(=O)OCCSP(=O)(O)OCC[N+](C)(C)C. The van der Waals surface area contributed by atoms with E-state index in [0.29, 0.717) is 17.4 Å². The molecule has 0 rings (SSSR count). The number of nitrogens with zero attached hydrogens (tertiary/aromatic N) is 1. The summed E-state index contributed by atoms with van der Waals surface area (Å²) in [7, 11) is 5.99. The molecular weight excluding hydrogens is 433 g/mol. The van der Waals surface area contributed by atoms with Gasteiger partial charge in [0.2, 0.25) is 0 Å². The maximum Gasteiger partial charge on any atom is 0.386 e. The van der Waals surface area contributed by atoms with Crippen LogP contribution in [0.2, 0.25) is 0 Å². The summed E-state index contributed by atoms with van der Waals surface area (Å²) in [6.07, 6.45) is 17.0. The van der Waals surface area contributed by atoms with Crippen molar-refractivity contribution in [1.29, 1.82) is 0 Å². The van der Waals surface area contributed by atoms with E-state index >= 15 is 0 Å². The van der Waals surface area contributed by atoms with E-state index in [0.717, 1.165) is 24.2 Å². The molecule has 31 heavy (non-hydrogen) atoms. The molecule has 1 N–H and O–H groups in total. The lowest BCUT2D eigenvalue weighted by Gasteiger charge is -2.24. The van der Waals surface area contributed by atoms with Crippen molar-refractivity contribution in [3.8, 4) is 0 Å². The molecule has 0 aliphatic rings. The Bertz CT molecular complexity index is 485. The minimum atomic E-state index is -3.67. The third-order valence-electron chi connectivity index (χ3n) is 5.10. The van der Waals surface area contributed by atoms with E-state index in [2.05, 4.69) is 6.92 Å². The summed E-state index contributed by atoms with van der Waals surface area (Å²) in [5.41, 5.74) is 0. The first-order chi connectivity index (χ1) is 14.7. The second kappa shape index (κ2) is 19.4. The zero-order valence-corrected chi connectivity index (χ0v) is 22.3. The van der Waals surface area contributed by atoms with Gasteiger partial charge in [-0.15, -0.1) is 0 Å². The Hall–Kier alpha value is -0.0700. The number of esters is 1. The first-order valence-corrected chi connectivity index (χ1v) is 15.4. The predicted molar refractivity (Wildman–Crippen MR) is 132 cm³/mol. The van der Waals surface area contributed by atoms with Gasteiger partial charge in [0.25, 0.3) is 0 Å². The lowest BCUT2D eigenvalue weighted by atomic mass is 10.0.